The molecule has 7 nitrogen and oxygen atoms in total. The number of aliphatic hydroxyl groups excluding tert-OH is 1. The summed E-state index contributed by atoms with van der Waals surface area (Å²) in [7, 11) is 1.58. The molecular formula is C20H25N3O4S. The number of nitrogens with one attached hydrogen (secondary N) is 1. The van der Waals surface area contributed by atoms with Gasteiger partial charge in [-0.05, 0) is 18.2 Å². The monoisotopic (exact) mass is 403 g/mol. The van der Waals surface area contributed by atoms with Crippen molar-refractivity contribution in [1.82, 2.24) is 4.90 Å². The zero-order valence-electron chi connectivity index (χ0n) is 15.8. The van der Waals surface area contributed by atoms with E-state index in [0.29, 0.717) is 23.7 Å². The lowest BCUT2D eigenvalue weighted by molar-refractivity contribution is -0.117. The van der Waals surface area contributed by atoms with Gasteiger partial charge >= 0.3 is 6.03 Å². The first-order valence-corrected chi connectivity index (χ1v) is 9.82. The quantitative estimate of drug-likeness (QED) is 0.529. The fourth-order valence-electron chi connectivity index (χ4n) is 2.56. The second kappa shape index (κ2) is 11.2. The van der Waals surface area contributed by atoms with Crippen LogP contribution in [0.3, 0.4) is 0 Å². The van der Waals surface area contributed by atoms with E-state index in [1.165, 1.54) is 16.7 Å². The van der Waals surface area contributed by atoms with E-state index in [1.807, 2.05) is 42.5 Å². The number of carbonyl (C=O) groups is 2. The van der Waals surface area contributed by atoms with Gasteiger partial charge in [0, 0.05) is 29.2 Å². The third-order valence-corrected chi connectivity index (χ3v) is 5.02. The summed E-state index contributed by atoms with van der Waals surface area (Å²) in [4.78, 5) is 26.1. The molecule has 0 fully saturated rings. The Kier molecular flexibility index (Phi) is 8.64. The lowest BCUT2D eigenvalue weighted by Gasteiger charge is -2.24. The molecular weight excluding hydrogens is 378 g/mol. The van der Waals surface area contributed by atoms with E-state index in [0.717, 1.165) is 10.5 Å². The molecule has 0 saturated carbocycles. The molecule has 8 heteroatoms. The minimum absolute atomic E-state index is 0.155. The molecule has 0 aliphatic rings. The second-order valence-electron chi connectivity index (χ2n) is 5.95. The number of anilines is 1. The normalized spacial score (nSPS) is 10.4. The number of para-hydroxylation sites is 2. The largest absolute Gasteiger partial charge is 0.496 e. The maximum Gasteiger partial charge on any atom is 0.322 e. The molecule has 0 atom stereocenters. The summed E-state index contributed by atoms with van der Waals surface area (Å²) in [5.74, 6) is 0.852. The van der Waals surface area contributed by atoms with Crippen LogP contribution in [0.25, 0.3) is 0 Å². The smallest absolute Gasteiger partial charge is 0.322 e. The molecule has 0 aliphatic heterocycles. The molecule has 2 rings (SSSR count). The predicted molar refractivity (Wildman–Crippen MR) is 110 cm³/mol. The van der Waals surface area contributed by atoms with Gasteiger partial charge < -0.3 is 25.8 Å². The van der Waals surface area contributed by atoms with Crippen molar-refractivity contribution < 1.29 is 19.4 Å². The summed E-state index contributed by atoms with van der Waals surface area (Å²) < 4.78 is 5.34. The summed E-state index contributed by atoms with van der Waals surface area (Å²) >= 11 is 1.45. The first-order chi connectivity index (χ1) is 13.5. The van der Waals surface area contributed by atoms with Crippen molar-refractivity contribution in [1.29, 1.82) is 0 Å². The summed E-state index contributed by atoms with van der Waals surface area (Å²) in [6.07, 6.45) is 0.261. The van der Waals surface area contributed by atoms with Gasteiger partial charge in [0.2, 0.25) is 5.91 Å². The summed E-state index contributed by atoms with van der Waals surface area (Å²) in [5.41, 5.74) is 6.67. The van der Waals surface area contributed by atoms with E-state index < -0.39 is 0 Å². The van der Waals surface area contributed by atoms with Gasteiger partial charge in [-0.1, -0.05) is 30.3 Å². The van der Waals surface area contributed by atoms with Crippen molar-refractivity contribution in [3.8, 4) is 5.75 Å². The molecule has 0 unspecified atom stereocenters. The van der Waals surface area contributed by atoms with Gasteiger partial charge in [0.15, 0.2) is 0 Å². The number of hydrogen-bond donors (Lipinski definition) is 3. The lowest BCUT2D eigenvalue weighted by atomic mass is 10.2. The Morgan fingerprint density at radius 3 is 2.61 bits per heavy atom. The summed E-state index contributed by atoms with van der Waals surface area (Å²) in [6, 6.07) is 14.5. The third-order valence-electron chi connectivity index (χ3n) is 3.95. The van der Waals surface area contributed by atoms with Gasteiger partial charge in [-0.2, -0.15) is 0 Å². The molecule has 2 aromatic carbocycles. The van der Waals surface area contributed by atoms with Crippen LogP contribution >= 0.6 is 11.8 Å². The van der Waals surface area contributed by atoms with Crippen LogP contribution in [0.5, 0.6) is 5.75 Å². The van der Waals surface area contributed by atoms with Crippen molar-refractivity contribution >= 4 is 29.4 Å². The van der Waals surface area contributed by atoms with Crippen LogP contribution in [-0.2, 0) is 11.3 Å². The molecule has 4 N–H and O–H groups in total. The SMILES string of the molecule is COc1ccccc1CN(CCO)C(=O)Nc1ccccc1SCCC(N)=O. The number of benzene rings is 2. The Morgan fingerprint density at radius 1 is 1.18 bits per heavy atom. The van der Waals surface area contributed by atoms with E-state index in [1.54, 1.807) is 13.2 Å². The fraction of sp³-hybridized carbons (Fsp3) is 0.300. The van der Waals surface area contributed by atoms with E-state index >= 15 is 0 Å². The van der Waals surface area contributed by atoms with Crippen molar-refractivity contribution in [2.24, 2.45) is 5.73 Å². The summed E-state index contributed by atoms with van der Waals surface area (Å²) in [6.45, 7) is 0.325. The first kappa shape index (κ1) is 21.6. The van der Waals surface area contributed by atoms with Crippen LogP contribution in [0.4, 0.5) is 10.5 Å². The van der Waals surface area contributed by atoms with Crippen LogP contribution in [0.2, 0.25) is 0 Å². The minimum Gasteiger partial charge on any atom is -0.496 e. The van der Waals surface area contributed by atoms with Crippen LogP contribution < -0.4 is 15.8 Å². The summed E-state index contributed by atoms with van der Waals surface area (Å²) in [5, 5.41) is 12.3. The van der Waals surface area contributed by atoms with E-state index in [9.17, 15) is 14.7 Å². The fourth-order valence-corrected chi connectivity index (χ4v) is 3.54. The molecule has 0 radical (unpaired) electrons. The second-order valence-corrected chi connectivity index (χ2v) is 7.08. The Morgan fingerprint density at radius 2 is 1.89 bits per heavy atom. The Labute approximate surface area is 168 Å². The van der Waals surface area contributed by atoms with Crippen LogP contribution in [0.1, 0.15) is 12.0 Å². The molecule has 0 saturated heterocycles. The van der Waals surface area contributed by atoms with Crippen LogP contribution in [0, 0.1) is 0 Å². The molecule has 0 aliphatic carbocycles. The highest BCUT2D eigenvalue weighted by Crippen LogP contribution is 2.28. The number of hydrogen-bond acceptors (Lipinski definition) is 5. The van der Waals surface area contributed by atoms with Crippen molar-refractivity contribution in [2.75, 3.05) is 31.3 Å². The standard InChI is InChI=1S/C20H25N3O4S/c1-27-17-8-4-2-6-15(17)14-23(11-12-24)20(26)22-16-7-3-5-9-18(16)28-13-10-19(21)25/h2-9,24H,10-14H2,1H3,(H2,21,25)(H,22,26). The van der Waals surface area contributed by atoms with Crippen LogP contribution in [0.15, 0.2) is 53.4 Å². The predicted octanol–water partition coefficient (Wildman–Crippen LogP) is 2.69. The topological polar surface area (TPSA) is 105 Å². The zero-order valence-corrected chi connectivity index (χ0v) is 16.6. The Hall–Kier alpha value is -2.71. The highest BCUT2D eigenvalue weighted by molar-refractivity contribution is 7.99. The minimum atomic E-state index is -0.361. The lowest BCUT2D eigenvalue weighted by Crippen LogP contribution is -2.36. The van der Waals surface area contributed by atoms with Gasteiger partial charge in [0.25, 0.3) is 0 Å². The Bertz CT molecular complexity index is 801. The number of carbonyl (C=O) groups excluding carboxylic acids is 2. The maximum absolute atomic E-state index is 12.8. The molecule has 0 spiro atoms. The van der Waals surface area contributed by atoms with Gasteiger partial charge in [0.1, 0.15) is 5.75 Å². The number of urea groups is 1. The molecule has 0 aromatic heterocycles. The molecule has 28 heavy (non-hydrogen) atoms. The molecule has 3 amide bonds. The highest BCUT2D eigenvalue weighted by atomic mass is 32.2. The van der Waals surface area contributed by atoms with Gasteiger partial charge in [0.05, 0.1) is 25.9 Å². The number of ether oxygens (including phenoxy) is 1. The highest BCUT2D eigenvalue weighted by Gasteiger charge is 2.17. The van der Waals surface area contributed by atoms with E-state index in [4.69, 9.17) is 10.5 Å². The molecule has 2 aromatic rings. The number of nitrogens with zero attached hydrogens (tertiary/aromatic N) is 1. The van der Waals surface area contributed by atoms with Gasteiger partial charge in [-0.25, -0.2) is 4.79 Å². The van der Waals surface area contributed by atoms with Gasteiger partial charge in [-0.3, -0.25) is 4.79 Å². The number of rotatable bonds is 10. The van der Waals surface area contributed by atoms with Crippen molar-refractivity contribution in [2.45, 2.75) is 17.9 Å². The van der Waals surface area contributed by atoms with Crippen LogP contribution in [-0.4, -0.2) is 48.0 Å². The zero-order chi connectivity index (χ0) is 20.4. The molecule has 0 heterocycles. The van der Waals surface area contributed by atoms with Crippen molar-refractivity contribution in [3.05, 3.63) is 54.1 Å². The number of primary amides is 1. The third kappa shape index (κ3) is 6.47. The maximum atomic E-state index is 12.8. The number of amides is 3. The molecule has 150 valence electrons. The number of aliphatic hydroxyl groups is 1. The van der Waals surface area contributed by atoms with E-state index in [-0.39, 0.29) is 31.5 Å². The Balaban J connectivity index is 2.11. The van der Waals surface area contributed by atoms with E-state index in [2.05, 4.69) is 5.32 Å². The van der Waals surface area contributed by atoms with Gasteiger partial charge in [-0.15, -0.1) is 11.8 Å². The average Bonchev–Trinajstić information content (AvgIpc) is 2.69. The number of nitrogens with two attached hydrogens (primary N) is 1. The average molecular weight is 404 g/mol. The number of methoxy groups -OCH3 is 1. The first-order valence-electron chi connectivity index (χ1n) is 8.84. The number of thioether (sulfide) groups is 1. The molecule has 0 bridgehead atoms. The van der Waals surface area contributed by atoms with Crippen molar-refractivity contribution in [3.63, 3.8) is 0 Å².